The van der Waals surface area contributed by atoms with Gasteiger partial charge in [-0.2, -0.15) is 0 Å². The van der Waals surface area contributed by atoms with Crippen LogP contribution in [0, 0.1) is 0 Å². The number of H-pyrrole nitrogens is 1. The van der Waals surface area contributed by atoms with Gasteiger partial charge in [-0.1, -0.05) is 12.8 Å². The Hall–Kier alpha value is -2.74. The van der Waals surface area contributed by atoms with Crippen LogP contribution in [-0.4, -0.2) is 44.9 Å². The fourth-order valence-corrected chi connectivity index (χ4v) is 5.13. The molecule has 1 aliphatic carbocycles. The second-order valence-electron chi connectivity index (χ2n) is 8.45. The van der Waals surface area contributed by atoms with Gasteiger partial charge >= 0.3 is 0 Å². The number of hydrogen-bond donors (Lipinski definition) is 2. The van der Waals surface area contributed by atoms with Crippen molar-refractivity contribution < 1.29 is 9.64 Å². The molecule has 5 rings (SSSR count). The van der Waals surface area contributed by atoms with Gasteiger partial charge in [0.05, 0.1) is 31.3 Å². The zero-order chi connectivity index (χ0) is 20.5. The molecule has 1 saturated heterocycles. The van der Waals surface area contributed by atoms with Crippen LogP contribution in [0.25, 0.3) is 10.9 Å². The Kier molecular flexibility index (Phi) is 5.25. The average Bonchev–Trinajstić information content (AvgIpc) is 3.52. The quantitative estimate of drug-likeness (QED) is 0.648. The summed E-state index contributed by atoms with van der Waals surface area (Å²) in [6, 6.07) is 7.99. The number of nitrogens with zero attached hydrogens (tertiary/aromatic N) is 4. The van der Waals surface area contributed by atoms with Gasteiger partial charge in [0.15, 0.2) is 6.04 Å². The number of pyridine rings is 1. The number of ether oxygens (including phenoxy) is 1. The molecule has 2 fully saturated rings. The Balaban J connectivity index is 1.63. The summed E-state index contributed by atoms with van der Waals surface area (Å²) >= 11 is 0. The molecule has 2 aromatic heterocycles. The lowest BCUT2D eigenvalue weighted by atomic mass is 10.0. The van der Waals surface area contributed by atoms with Crippen molar-refractivity contribution in [2.75, 3.05) is 19.7 Å². The summed E-state index contributed by atoms with van der Waals surface area (Å²) in [7, 11) is 0. The number of tetrazole rings is 1. The third-order valence-corrected chi connectivity index (χ3v) is 6.57. The van der Waals surface area contributed by atoms with Crippen molar-refractivity contribution in [1.82, 2.24) is 25.2 Å². The lowest BCUT2D eigenvalue weighted by Gasteiger charge is -2.25. The normalized spacial score (nSPS) is 19.0. The summed E-state index contributed by atoms with van der Waals surface area (Å²) in [6.45, 7) is 4.63. The Labute approximate surface area is 175 Å². The average molecular weight is 410 g/mol. The third kappa shape index (κ3) is 3.49. The topological polar surface area (TPSA) is 90.1 Å². The maximum Gasteiger partial charge on any atom is 0.258 e. The summed E-state index contributed by atoms with van der Waals surface area (Å²) in [4.78, 5) is 17.6. The summed E-state index contributed by atoms with van der Waals surface area (Å²) in [5.74, 6) is 1.63. The largest absolute Gasteiger partial charge is 0.494 e. The number of benzene rings is 1. The van der Waals surface area contributed by atoms with Crippen molar-refractivity contribution in [3.8, 4) is 5.75 Å². The van der Waals surface area contributed by atoms with Crippen molar-refractivity contribution in [2.24, 2.45) is 0 Å². The van der Waals surface area contributed by atoms with Gasteiger partial charge in [0.2, 0.25) is 5.82 Å². The van der Waals surface area contributed by atoms with Crippen LogP contribution in [0.1, 0.15) is 68.9 Å². The number of likely N-dealkylation sites (tertiary alicyclic amines) is 1. The van der Waals surface area contributed by atoms with Crippen molar-refractivity contribution in [1.29, 1.82) is 0 Å². The zero-order valence-corrected chi connectivity index (χ0v) is 17.4. The Morgan fingerprint density at radius 2 is 2.00 bits per heavy atom. The molecule has 8 heteroatoms. The van der Waals surface area contributed by atoms with E-state index in [1.807, 2.05) is 35.9 Å². The number of nitrogens with one attached hydrogen (secondary N) is 2. The number of hydrogen-bond acceptors (Lipinski definition) is 5. The van der Waals surface area contributed by atoms with E-state index in [0.29, 0.717) is 12.6 Å². The Morgan fingerprint density at radius 1 is 1.20 bits per heavy atom. The summed E-state index contributed by atoms with van der Waals surface area (Å²) in [6.07, 6.45) is 6.95. The monoisotopic (exact) mass is 409 g/mol. The van der Waals surface area contributed by atoms with Gasteiger partial charge in [-0.3, -0.25) is 4.79 Å². The molecular formula is C22H29N6O2+. The highest BCUT2D eigenvalue weighted by Gasteiger charge is 2.37. The number of fused-ring (bicyclic) bond motifs is 1. The summed E-state index contributed by atoms with van der Waals surface area (Å²) in [5.41, 5.74) is 1.50. The van der Waals surface area contributed by atoms with Crippen LogP contribution in [-0.2, 0) is 0 Å². The van der Waals surface area contributed by atoms with E-state index >= 15 is 0 Å². The van der Waals surface area contributed by atoms with E-state index in [0.717, 1.165) is 66.8 Å². The van der Waals surface area contributed by atoms with Crippen LogP contribution < -0.4 is 15.2 Å². The van der Waals surface area contributed by atoms with Gasteiger partial charge < -0.3 is 14.6 Å². The molecule has 3 aromatic rings. The summed E-state index contributed by atoms with van der Waals surface area (Å²) < 4.78 is 7.67. The van der Waals surface area contributed by atoms with E-state index in [1.54, 1.807) is 0 Å². The van der Waals surface area contributed by atoms with Crippen molar-refractivity contribution >= 4 is 10.9 Å². The van der Waals surface area contributed by atoms with Gasteiger partial charge in [-0.15, -0.1) is 5.10 Å². The fraction of sp³-hybridized carbons (Fsp3) is 0.545. The smallest absolute Gasteiger partial charge is 0.258 e. The molecule has 1 atom stereocenters. The summed E-state index contributed by atoms with van der Waals surface area (Å²) in [5, 5.41) is 13.8. The third-order valence-electron chi connectivity index (χ3n) is 6.57. The van der Waals surface area contributed by atoms with Crippen LogP contribution in [0.4, 0.5) is 0 Å². The van der Waals surface area contributed by atoms with E-state index in [4.69, 9.17) is 4.74 Å². The second kappa shape index (κ2) is 8.18. The van der Waals surface area contributed by atoms with E-state index in [1.165, 1.54) is 17.7 Å². The molecule has 0 unspecified atom stereocenters. The highest BCUT2D eigenvalue weighted by atomic mass is 16.5. The van der Waals surface area contributed by atoms with Gasteiger partial charge in [0.25, 0.3) is 5.56 Å². The molecule has 158 valence electrons. The molecule has 1 aliphatic heterocycles. The lowest BCUT2D eigenvalue weighted by Crippen LogP contribution is -3.10. The van der Waals surface area contributed by atoms with Gasteiger partial charge in [-0.25, -0.2) is 4.68 Å². The first kappa shape index (κ1) is 19.2. The molecule has 1 saturated carbocycles. The van der Waals surface area contributed by atoms with Crippen molar-refractivity contribution in [3.05, 3.63) is 46.0 Å². The van der Waals surface area contributed by atoms with Gasteiger partial charge in [0.1, 0.15) is 5.75 Å². The fourth-order valence-electron chi connectivity index (χ4n) is 5.13. The van der Waals surface area contributed by atoms with E-state index in [9.17, 15) is 4.79 Å². The molecule has 0 bridgehead atoms. The highest BCUT2D eigenvalue weighted by Crippen LogP contribution is 2.31. The number of aromatic amines is 1. The SMILES string of the molecule is CCOc1ccc2[nH]c(=O)c([C@@H](c3nnnn3C3CCCC3)[NH+]3CCCC3)cc2c1. The van der Waals surface area contributed by atoms with Gasteiger partial charge in [-0.05, 0) is 54.5 Å². The number of quaternary nitrogens is 1. The van der Waals surface area contributed by atoms with Crippen LogP contribution >= 0.6 is 0 Å². The molecule has 0 spiro atoms. The van der Waals surface area contributed by atoms with Crippen LogP contribution in [0.2, 0.25) is 0 Å². The molecule has 8 nitrogen and oxygen atoms in total. The zero-order valence-electron chi connectivity index (χ0n) is 17.4. The van der Waals surface area contributed by atoms with Crippen molar-refractivity contribution in [3.63, 3.8) is 0 Å². The molecule has 0 radical (unpaired) electrons. The first-order valence-electron chi connectivity index (χ1n) is 11.2. The van der Waals surface area contributed by atoms with Crippen molar-refractivity contribution in [2.45, 2.75) is 57.5 Å². The molecule has 30 heavy (non-hydrogen) atoms. The first-order valence-corrected chi connectivity index (χ1v) is 11.2. The first-order chi connectivity index (χ1) is 14.7. The van der Waals surface area contributed by atoms with Crippen LogP contribution in [0.5, 0.6) is 5.75 Å². The minimum atomic E-state index is -0.160. The minimum Gasteiger partial charge on any atom is -0.494 e. The molecule has 3 heterocycles. The predicted octanol–water partition coefficient (Wildman–Crippen LogP) is 1.80. The van der Waals surface area contributed by atoms with Crippen LogP contribution in [0.15, 0.2) is 29.1 Å². The molecule has 2 N–H and O–H groups in total. The maximum absolute atomic E-state index is 13.2. The predicted molar refractivity (Wildman–Crippen MR) is 113 cm³/mol. The molecular weight excluding hydrogens is 380 g/mol. The molecule has 0 amide bonds. The maximum atomic E-state index is 13.2. The van der Waals surface area contributed by atoms with E-state index in [2.05, 4.69) is 20.5 Å². The van der Waals surface area contributed by atoms with Gasteiger partial charge in [0, 0.05) is 23.7 Å². The van der Waals surface area contributed by atoms with E-state index < -0.39 is 0 Å². The van der Waals surface area contributed by atoms with E-state index in [-0.39, 0.29) is 11.6 Å². The Morgan fingerprint density at radius 3 is 2.77 bits per heavy atom. The number of aromatic nitrogens is 5. The second-order valence-corrected chi connectivity index (χ2v) is 8.45. The van der Waals surface area contributed by atoms with Crippen LogP contribution in [0.3, 0.4) is 0 Å². The molecule has 2 aliphatic rings. The lowest BCUT2D eigenvalue weighted by molar-refractivity contribution is -0.914. The minimum absolute atomic E-state index is 0.0583. The highest BCUT2D eigenvalue weighted by molar-refractivity contribution is 5.80. The Bertz CT molecular complexity index is 1080. The molecule has 1 aromatic carbocycles. The standard InChI is InChI=1S/C22H28N6O2/c1-2-30-17-9-10-19-15(13-17)14-18(22(29)23-19)20(27-11-5-6-12-27)21-24-25-26-28(21)16-7-3-4-8-16/h9-10,13-14,16,20H,2-8,11-12H2,1H3,(H,23,29)/p+1/t20-/m0/s1. The number of rotatable bonds is 6.